The van der Waals surface area contributed by atoms with Crippen molar-refractivity contribution in [1.82, 2.24) is 24.8 Å². The molecule has 140 valence electrons. The number of hydrogen-bond acceptors (Lipinski definition) is 5. The molecule has 1 amide bonds. The van der Waals surface area contributed by atoms with E-state index in [0.717, 1.165) is 62.8 Å². The number of rotatable bonds is 5. The number of imidazole rings is 1. The molecule has 7 nitrogen and oxygen atoms in total. The van der Waals surface area contributed by atoms with Gasteiger partial charge >= 0.3 is 0 Å². The Bertz CT molecular complexity index is 741. The Morgan fingerprint density at radius 1 is 1.35 bits per heavy atom. The zero-order valence-electron chi connectivity index (χ0n) is 15.4. The second-order valence-electron chi connectivity index (χ2n) is 7.81. The number of aromatic nitrogens is 3. The number of carbonyl (C=O) groups is 1. The minimum absolute atomic E-state index is 0.221. The van der Waals surface area contributed by atoms with E-state index in [-0.39, 0.29) is 5.41 Å². The number of amides is 1. The van der Waals surface area contributed by atoms with Crippen molar-refractivity contribution in [3.63, 3.8) is 0 Å². The van der Waals surface area contributed by atoms with E-state index in [2.05, 4.69) is 24.8 Å². The molecule has 4 heterocycles. The van der Waals surface area contributed by atoms with Crippen molar-refractivity contribution in [3.05, 3.63) is 36.1 Å². The summed E-state index contributed by atoms with van der Waals surface area (Å²) in [5, 5.41) is 0. The van der Waals surface area contributed by atoms with Crippen LogP contribution in [0.25, 0.3) is 0 Å². The molecule has 7 heteroatoms. The van der Waals surface area contributed by atoms with Gasteiger partial charge in [-0.2, -0.15) is 0 Å². The summed E-state index contributed by atoms with van der Waals surface area (Å²) in [7, 11) is 0. The van der Waals surface area contributed by atoms with Gasteiger partial charge in [0.15, 0.2) is 5.89 Å². The first-order valence-electron chi connectivity index (χ1n) is 9.50. The molecule has 1 N–H and O–H groups in total. The SMILES string of the molecule is Cc1nc(CN2CCCC3(CCC(=O)N(CCc4cnc[nH]4)C3)C2)co1. The number of H-pyrrole nitrogens is 1. The van der Waals surface area contributed by atoms with Gasteiger partial charge in [0.05, 0.1) is 12.0 Å². The van der Waals surface area contributed by atoms with Crippen LogP contribution in [0.2, 0.25) is 0 Å². The monoisotopic (exact) mass is 357 g/mol. The first-order chi connectivity index (χ1) is 12.6. The number of nitrogens with zero attached hydrogens (tertiary/aromatic N) is 4. The summed E-state index contributed by atoms with van der Waals surface area (Å²) in [6, 6.07) is 0. The van der Waals surface area contributed by atoms with Crippen LogP contribution in [0.4, 0.5) is 0 Å². The highest BCUT2D eigenvalue weighted by Crippen LogP contribution is 2.39. The van der Waals surface area contributed by atoms with E-state index in [1.807, 2.05) is 13.1 Å². The molecule has 2 aromatic rings. The van der Waals surface area contributed by atoms with E-state index in [1.54, 1.807) is 12.6 Å². The fraction of sp³-hybridized carbons (Fsp3) is 0.632. The number of carbonyl (C=O) groups excluding carboxylic acids is 1. The molecule has 1 atom stereocenters. The van der Waals surface area contributed by atoms with E-state index in [9.17, 15) is 4.79 Å². The van der Waals surface area contributed by atoms with Gasteiger partial charge < -0.3 is 14.3 Å². The molecule has 2 aliphatic rings. The molecule has 2 saturated heterocycles. The number of piperidine rings is 2. The quantitative estimate of drug-likeness (QED) is 0.887. The second-order valence-corrected chi connectivity index (χ2v) is 7.81. The lowest BCUT2D eigenvalue weighted by Crippen LogP contribution is -2.54. The highest BCUT2D eigenvalue weighted by atomic mass is 16.3. The van der Waals surface area contributed by atoms with E-state index in [0.29, 0.717) is 12.3 Å². The van der Waals surface area contributed by atoms with Gasteiger partial charge in [0.2, 0.25) is 5.91 Å². The Kier molecular flexibility index (Phi) is 4.80. The lowest BCUT2D eigenvalue weighted by Gasteiger charge is -2.48. The van der Waals surface area contributed by atoms with E-state index in [1.165, 1.54) is 12.8 Å². The Labute approximate surface area is 153 Å². The lowest BCUT2D eigenvalue weighted by molar-refractivity contribution is -0.139. The number of oxazole rings is 1. The van der Waals surface area contributed by atoms with E-state index in [4.69, 9.17) is 4.42 Å². The zero-order chi connectivity index (χ0) is 18.0. The normalized spacial score (nSPS) is 24.5. The van der Waals surface area contributed by atoms with Gasteiger partial charge in [0, 0.05) is 63.3 Å². The van der Waals surface area contributed by atoms with Gasteiger partial charge in [0.1, 0.15) is 6.26 Å². The molecule has 0 aromatic carbocycles. The van der Waals surface area contributed by atoms with Crippen molar-refractivity contribution in [2.45, 2.75) is 45.6 Å². The summed E-state index contributed by atoms with van der Waals surface area (Å²) in [5.74, 6) is 1.01. The molecule has 2 aromatic heterocycles. The fourth-order valence-corrected chi connectivity index (χ4v) is 4.47. The number of aromatic amines is 1. The predicted octanol–water partition coefficient (Wildman–Crippen LogP) is 2.15. The lowest BCUT2D eigenvalue weighted by atomic mass is 9.73. The molecule has 0 radical (unpaired) electrons. The van der Waals surface area contributed by atoms with E-state index >= 15 is 0 Å². The smallest absolute Gasteiger partial charge is 0.222 e. The highest BCUT2D eigenvalue weighted by Gasteiger charge is 2.41. The highest BCUT2D eigenvalue weighted by molar-refractivity contribution is 5.77. The third-order valence-electron chi connectivity index (χ3n) is 5.75. The maximum atomic E-state index is 12.4. The van der Waals surface area contributed by atoms with Crippen LogP contribution in [-0.2, 0) is 17.8 Å². The van der Waals surface area contributed by atoms with Crippen LogP contribution < -0.4 is 0 Å². The average molecular weight is 357 g/mol. The van der Waals surface area contributed by atoms with Crippen molar-refractivity contribution < 1.29 is 9.21 Å². The topological polar surface area (TPSA) is 78.3 Å². The van der Waals surface area contributed by atoms with Gasteiger partial charge in [-0.05, 0) is 25.8 Å². The Balaban J connectivity index is 1.38. The number of nitrogens with one attached hydrogen (secondary N) is 1. The van der Waals surface area contributed by atoms with Gasteiger partial charge in [0.25, 0.3) is 0 Å². The molecule has 2 aliphatic heterocycles. The van der Waals surface area contributed by atoms with Gasteiger partial charge in [-0.15, -0.1) is 0 Å². The van der Waals surface area contributed by atoms with Crippen LogP contribution in [0, 0.1) is 12.3 Å². The largest absolute Gasteiger partial charge is 0.449 e. The molecule has 26 heavy (non-hydrogen) atoms. The second kappa shape index (κ2) is 7.23. The molecule has 4 rings (SSSR count). The summed E-state index contributed by atoms with van der Waals surface area (Å²) in [4.78, 5) is 28.6. The minimum atomic E-state index is 0.221. The Morgan fingerprint density at radius 3 is 3.04 bits per heavy atom. The van der Waals surface area contributed by atoms with Crippen LogP contribution in [-0.4, -0.2) is 56.8 Å². The van der Waals surface area contributed by atoms with Gasteiger partial charge in [-0.3, -0.25) is 9.69 Å². The molecule has 1 unspecified atom stereocenters. The molecule has 1 spiro atoms. The number of aryl methyl sites for hydroxylation is 1. The molecule has 0 bridgehead atoms. The minimum Gasteiger partial charge on any atom is -0.449 e. The maximum Gasteiger partial charge on any atom is 0.222 e. The summed E-state index contributed by atoms with van der Waals surface area (Å²) < 4.78 is 5.34. The maximum absolute atomic E-state index is 12.4. The number of hydrogen-bond donors (Lipinski definition) is 1. The zero-order valence-corrected chi connectivity index (χ0v) is 15.4. The van der Waals surface area contributed by atoms with Crippen LogP contribution >= 0.6 is 0 Å². The first kappa shape index (κ1) is 17.3. The van der Waals surface area contributed by atoms with Crippen LogP contribution in [0.5, 0.6) is 0 Å². The third kappa shape index (κ3) is 3.82. The Hall–Kier alpha value is -2.15. The van der Waals surface area contributed by atoms with Crippen LogP contribution in [0.15, 0.2) is 23.2 Å². The Morgan fingerprint density at radius 2 is 2.27 bits per heavy atom. The van der Waals surface area contributed by atoms with Gasteiger partial charge in [-0.25, -0.2) is 9.97 Å². The van der Waals surface area contributed by atoms with Crippen LogP contribution in [0.3, 0.4) is 0 Å². The molecule has 2 fully saturated rings. The molecule has 0 aliphatic carbocycles. The average Bonchev–Trinajstić information content (AvgIpc) is 3.28. The van der Waals surface area contributed by atoms with Crippen LogP contribution in [0.1, 0.15) is 43.0 Å². The van der Waals surface area contributed by atoms with Crippen molar-refractivity contribution in [2.24, 2.45) is 5.41 Å². The van der Waals surface area contributed by atoms with Crippen molar-refractivity contribution in [1.29, 1.82) is 0 Å². The molecular formula is C19H27N5O2. The fourth-order valence-electron chi connectivity index (χ4n) is 4.47. The number of likely N-dealkylation sites (tertiary alicyclic amines) is 2. The summed E-state index contributed by atoms with van der Waals surface area (Å²) in [5.41, 5.74) is 2.31. The van der Waals surface area contributed by atoms with E-state index < -0.39 is 0 Å². The van der Waals surface area contributed by atoms with Crippen molar-refractivity contribution in [2.75, 3.05) is 26.2 Å². The predicted molar refractivity (Wildman–Crippen MR) is 96.3 cm³/mol. The molecular weight excluding hydrogens is 330 g/mol. The molecule has 0 saturated carbocycles. The summed E-state index contributed by atoms with van der Waals surface area (Å²) >= 11 is 0. The van der Waals surface area contributed by atoms with Crippen molar-refractivity contribution in [3.8, 4) is 0 Å². The van der Waals surface area contributed by atoms with Gasteiger partial charge in [-0.1, -0.05) is 0 Å². The summed E-state index contributed by atoms with van der Waals surface area (Å²) in [6.45, 7) is 6.48. The third-order valence-corrected chi connectivity index (χ3v) is 5.75. The standard InChI is InChI=1S/C19H27N5O2/c1-15-22-17(11-26-15)10-23-7-2-5-19(12-23)6-3-18(25)24(13-19)8-4-16-9-20-14-21-16/h9,11,14H,2-8,10,12-13H2,1H3,(H,20,21). The summed E-state index contributed by atoms with van der Waals surface area (Å²) in [6.07, 6.45) is 10.2. The first-order valence-corrected chi connectivity index (χ1v) is 9.50. The van der Waals surface area contributed by atoms with Crippen molar-refractivity contribution >= 4 is 5.91 Å².